The first-order valence-electron chi connectivity index (χ1n) is 11.3. The van der Waals surface area contributed by atoms with Crippen LogP contribution < -0.4 is 0 Å². The van der Waals surface area contributed by atoms with E-state index in [4.69, 9.17) is 9.90 Å². The molecule has 0 unspecified atom stereocenters. The minimum absolute atomic E-state index is 0.178. The Bertz CT molecular complexity index is 835. The lowest BCUT2D eigenvalue weighted by atomic mass is 9.71. The summed E-state index contributed by atoms with van der Waals surface area (Å²) in [7, 11) is 0. The Balaban J connectivity index is 0.000000383. The van der Waals surface area contributed by atoms with E-state index in [1.54, 1.807) is 6.20 Å². The standard InChI is InChI=1S/C21H29N3O2.C2HF3O2/c25-19-7-8-21(16-24(19)15-17-4-3-5-17)9-12-23(13-10-21)20(26)14-18-6-1-2-11-22-18;3-2(4,5)1(6)7/h1-2,6,11,17H,3-5,7-10,12-16H2;(H,6,7). The maximum Gasteiger partial charge on any atom is 0.490 e. The summed E-state index contributed by atoms with van der Waals surface area (Å²) in [5, 5.41) is 7.12. The molecule has 33 heavy (non-hydrogen) atoms. The summed E-state index contributed by atoms with van der Waals surface area (Å²) in [6.45, 7) is 3.50. The number of nitrogens with zero attached hydrogens (tertiary/aromatic N) is 3. The number of carboxylic acids is 1. The van der Waals surface area contributed by atoms with Gasteiger partial charge in [-0.15, -0.1) is 0 Å². The maximum absolute atomic E-state index is 12.6. The molecule has 0 radical (unpaired) electrons. The van der Waals surface area contributed by atoms with Gasteiger partial charge in [0.2, 0.25) is 11.8 Å². The number of piperidine rings is 2. The normalized spacial score (nSPS) is 20.6. The lowest BCUT2D eigenvalue weighted by Crippen LogP contribution is -2.53. The Morgan fingerprint density at radius 3 is 2.33 bits per heavy atom. The minimum Gasteiger partial charge on any atom is -0.475 e. The lowest BCUT2D eigenvalue weighted by Gasteiger charge is -2.48. The second kappa shape index (κ2) is 10.5. The van der Waals surface area contributed by atoms with Crippen molar-refractivity contribution in [2.45, 2.75) is 57.5 Å². The number of hydrogen-bond donors (Lipinski definition) is 1. The lowest BCUT2D eigenvalue weighted by molar-refractivity contribution is -0.192. The summed E-state index contributed by atoms with van der Waals surface area (Å²) in [4.78, 5) is 42.2. The Kier molecular flexibility index (Phi) is 7.97. The smallest absolute Gasteiger partial charge is 0.475 e. The van der Waals surface area contributed by atoms with Crippen molar-refractivity contribution in [1.82, 2.24) is 14.8 Å². The zero-order valence-corrected chi connectivity index (χ0v) is 18.5. The number of carboxylic acid groups (broad SMARTS) is 1. The molecule has 0 atom stereocenters. The van der Waals surface area contributed by atoms with E-state index in [2.05, 4.69) is 9.88 Å². The Hall–Kier alpha value is -2.65. The van der Waals surface area contributed by atoms with Crippen molar-refractivity contribution < 1.29 is 32.7 Å². The largest absolute Gasteiger partial charge is 0.490 e. The molecule has 10 heteroatoms. The van der Waals surface area contributed by atoms with Crippen molar-refractivity contribution in [3.8, 4) is 0 Å². The van der Waals surface area contributed by atoms with Gasteiger partial charge in [-0.2, -0.15) is 13.2 Å². The number of carbonyl (C=O) groups excluding carboxylic acids is 2. The second-order valence-corrected chi connectivity index (χ2v) is 9.25. The van der Waals surface area contributed by atoms with Gasteiger partial charge in [-0.05, 0) is 55.6 Å². The molecule has 2 saturated heterocycles. The molecule has 3 aliphatic rings. The molecule has 3 heterocycles. The number of amides is 2. The van der Waals surface area contributed by atoms with Crippen LogP contribution in [0.2, 0.25) is 0 Å². The van der Waals surface area contributed by atoms with Crippen LogP contribution in [0.25, 0.3) is 0 Å². The van der Waals surface area contributed by atoms with Crippen molar-refractivity contribution in [3.05, 3.63) is 30.1 Å². The zero-order chi connectivity index (χ0) is 24.1. The Labute approximate surface area is 191 Å². The predicted molar refractivity (Wildman–Crippen MR) is 113 cm³/mol. The molecular weight excluding hydrogens is 439 g/mol. The second-order valence-electron chi connectivity index (χ2n) is 9.25. The average molecular weight is 470 g/mol. The third-order valence-corrected chi connectivity index (χ3v) is 6.93. The maximum atomic E-state index is 12.6. The Morgan fingerprint density at radius 1 is 1.15 bits per heavy atom. The van der Waals surface area contributed by atoms with Gasteiger partial charge >= 0.3 is 12.1 Å². The van der Waals surface area contributed by atoms with E-state index in [1.165, 1.54) is 19.3 Å². The SMILES string of the molecule is O=C(Cc1ccccn1)N1CCC2(CCC(=O)N(CC3CCC3)C2)CC1.O=C(O)C(F)(F)F. The highest BCUT2D eigenvalue weighted by Gasteiger charge is 2.42. The van der Waals surface area contributed by atoms with Crippen LogP contribution in [0.15, 0.2) is 24.4 Å². The first-order valence-corrected chi connectivity index (χ1v) is 11.3. The van der Waals surface area contributed by atoms with Gasteiger partial charge in [0.15, 0.2) is 0 Å². The van der Waals surface area contributed by atoms with Crippen LogP contribution in [0.4, 0.5) is 13.2 Å². The van der Waals surface area contributed by atoms with Crippen LogP contribution >= 0.6 is 0 Å². The number of halogens is 3. The summed E-state index contributed by atoms with van der Waals surface area (Å²) < 4.78 is 31.7. The van der Waals surface area contributed by atoms with Gasteiger partial charge in [0, 0.05) is 44.5 Å². The van der Waals surface area contributed by atoms with Gasteiger partial charge in [-0.3, -0.25) is 14.6 Å². The van der Waals surface area contributed by atoms with Crippen LogP contribution in [-0.4, -0.2) is 70.0 Å². The van der Waals surface area contributed by atoms with Crippen molar-refractivity contribution in [2.24, 2.45) is 11.3 Å². The number of likely N-dealkylation sites (tertiary alicyclic amines) is 2. The van der Waals surface area contributed by atoms with Crippen LogP contribution in [0.5, 0.6) is 0 Å². The van der Waals surface area contributed by atoms with Crippen LogP contribution in [0.1, 0.15) is 50.6 Å². The predicted octanol–water partition coefficient (Wildman–Crippen LogP) is 3.29. The molecule has 3 fully saturated rings. The zero-order valence-electron chi connectivity index (χ0n) is 18.5. The topological polar surface area (TPSA) is 90.8 Å². The molecule has 0 aromatic carbocycles. The summed E-state index contributed by atoms with van der Waals surface area (Å²) in [6.07, 6.45) is 4.67. The van der Waals surface area contributed by atoms with E-state index >= 15 is 0 Å². The third kappa shape index (κ3) is 6.91. The molecule has 4 rings (SSSR count). The number of carbonyl (C=O) groups is 3. The summed E-state index contributed by atoms with van der Waals surface area (Å²) in [6, 6.07) is 5.71. The highest BCUT2D eigenvalue weighted by atomic mass is 19.4. The van der Waals surface area contributed by atoms with Gasteiger partial charge in [0.05, 0.1) is 6.42 Å². The molecule has 7 nitrogen and oxygen atoms in total. The van der Waals surface area contributed by atoms with E-state index in [1.807, 2.05) is 23.1 Å². The van der Waals surface area contributed by atoms with Crippen LogP contribution in [0.3, 0.4) is 0 Å². The van der Waals surface area contributed by atoms with E-state index in [0.717, 1.165) is 57.1 Å². The minimum atomic E-state index is -5.08. The number of rotatable bonds is 4. The molecule has 2 aliphatic heterocycles. The molecule has 1 aromatic heterocycles. The third-order valence-electron chi connectivity index (χ3n) is 6.93. The number of pyridine rings is 1. The molecule has 1 aromatic rings. The van der Waals surface area contributed by atoms with Gasteiger partial charge in [0.1, 0.15) is 0 Å². The molecule has 1 N–H and O–H groups in total. The fraction of sp³-hybridized carbons (Fsp3) is 0.652. The first-order chi connectivity index (χ1) is 15.6. The van der Waals surface area contributed by atoms with Crippen molar-refractivity contribution in [3.63, 3.8) is 0 Å². The van der Waals surface area contributed by atoms with Gasteiger partial charge < -0.3 is 14.9 Å². The molecule has 1 spiro atoms. The first kappa shape index (κ1) is 25.0. The Morgan fingerprint density at radius 2 is 1.82 bits per heavy atom. The van der Waals surface area contributed by atoms with Crippen molar-refractivity contribution in [2.75, 3.05) is 26.2 Å². The fourth-order valence-corrected chi connectivity index (χ4v) is 4.66. The van der Waals surface area contributed by atoms with Gasteiger partial charge in [0.25, 0.3) is 0 Å². The summed E-state index contributed by atoms with van der Waals surface area (Å²) >= 11 is 0. The van der Waals surface area contributed by atoms with E-state index in [-0.39, 0.29) is 11.3 Å². The molecular formula is C23H30F3N3O4. The number of alkyl halides is 3. The van der Waals surface area contributed by atoms with Crippen LogP contribution in [-0.2, 0) is 20.8 Å². The molecule has 182 valence electrons. The molecule has 0 bridgehead atoms. The van der Waals surface area contributed by atoms with E-state index in [0.29, 0.717) is 18.7 Å². The van der Waals surface area contributed by atoms with E-state index in [9.17, 15) is 22.8 Å². The molecule has 1 saturated carbocycles. The van der Waals surface area contributed by atoms with Gasteiger partial charge in [-0.1, -0.05) is 12.5 Å². The van der Waals surface area contributed by atoms with Crippen molar-refractivity contribution >= 4 is 17.8 Å². The van der Waals surface area contributed by atoms with E-state index < -0.39 is 12.1 Å². The summed E-state index contributed by atoms with van der Waals surface area (Å²) in [5.41, 5.74) is 1.08. The summed E-state index contributed by atoms with van der Waals surface area (Å²) in [5.74, 6) is -1.51. The van der Waals surface area contributed by atoms with Crippen LogP contribution in [0, 0.1) is 11.3 Å². The van der Waals surface area contributed by atoms with Gasteiger partial charge in [-0.25, -0.2) is 4.79 Å². The number of aromatic nitrogens is 1. The fourth-order valence-electron chi connectivity index (χ4n) is 4.66. The quantitative estimate of drug-likeness (QED) is 0.731. The number of aliphatic carboxylic acids is 1. The highest BCUT2D eigenvalue weighted by molar-refractivity contribution is 5.79. The monoisotopic (exact) mass is 469 g/mol. The average Bonchev–Trinajstić information content (AvgIpc) is 2.74. The highest BCUT2D eigenvalue weighted by Crippen LogP contribution is 2.41. The number of hydrogen-bond acceptors (Lipinski definition) is 4. The van der Waals surface area contributed by atoms with Crippen molar-refractivity contribution in [1.29, 1.82) is 0 Å². The molecule has 1 aliphatic carbocycles. The molecule has 2 amide bonds.